The van der Waals surface area contributed by atoms with Gasteiger partial charge in [-0.1, -0.05) is 152 Å². The van der Waals surface area contributed by atoms with Crippen LogP contribution in [0.5, 0.6) is 11.5 Å². The highest BCUT2D eigenvalue weighted by Gasteiger charge is 2.51. The Morgan fingerprint density at radius 1 is 0.411 bits per heavy atom. The number of fused-ring (bicyclic) bond motifs is 14. The van der Waals surface area contributed by atoms with Gasteiger partial charge in [0.25, 0.3) is 0 Å². The number of hydrogen-bond donors (Lipinski definition) is 0. The van der Waals surface area contributed by atoms with Crippen molar-refractivity contribution in [1.82, 2.24) is 4.57 Å². The molecule has 0 atom stereocenters. The average molecular weight is 715 g/mol. The van der Waals surface area contributed by atoms with E-state index in [2.05, 4.69) is 216 Å². The zero-order valence-electron chi connectivity index (χ0n) is 30.4. The molecule has 0 unspecified atom stereocenters. The molecule has 3 nitrogen and oxygen atoms in total. The Balaban J connectivity index is 1.18. The van der Waals surface area contributed by atoms with Crippen molar-refractivity contribution >= 4 is 49.6 Å². The Bertz CT molecular complexity index is 3130. The van der Waals surface area contributed by atoms with E-state index in [-0.39, 0.29) is 0 Å². The second kappa shape index (κ2) is 11.8. The predicted molar refractivity (Wildman–Crippen MR) is 230 cm³/mol. The number of rotatable bonds is 4. The maximum absolute atomic E-state index is 7.23. The standard InChI is InChI=1S/C53H34N2O/c1-3-17-37(18-4-1)54(39-28-27-35-15-7-8-16-36(35)33-39)40-29-30-43-44-31-32-48-52(51(44)55(49(43)34-40)38-19-5-2-6-20-38)56-50-26-14-13-25-47(50)53(48)45-23-11-9-21-41(45)42-22-10-12-24-46(42)53/h1-34H. The lowest BCUT2D eigenvalue weighted by molar-refractivity contribution is 0.440. The third kappa shape index (κ3) is 4.22. The van der Waals surface area contributed by atoms with E-state index in [9.17, 15) is 0 Å². The summed E-state index contributed by atoms with van der Waals surface area (Å²) in [6.45, 7) is 0. The summed E-state index contributed by atoms with van der Waals surface area (Å²) in [5, 5.41) is 4.75. The minimum Gasteiger partial charge on any atom is -0.454 e. The summed E-state index contributed by atoms with van der Waals surface area (Å²) in [6.07, 6.45) is 0. The van der Waals surface area contributed by atoms with E-state index in [0.717, 1.165) is 56.2 Å². The van der Waals surface area contributed by atoms with Gasteiger partial charge in [0, 0.05) is 44.6 Å². The normalized spacial score (nSPS) is 13.3. The maximum Gasteiger partial charge on any atom is 0.156 e. The molecular weight excluding hydrogens is 681 g/mol. The van der Waals surface area contributed by atoms with Gasteiger partial charge in [0.1, 0.15) is 5.75 Å². The van der Waals surface area contributed by atoms with Gasteiger partial charge < -0.3 is 14.2 Å². The highest BCUT2D eigenvalue weighted by atomic mass is 16.5. The summed E-state index contributed by atoms with van der Waals surface area (Å²) < 4.78 is 9.65. The largest absolute Gasteiger partial charge is 0.454 e. The Morgan fingerprint density at radius 2 is 1.00 bits per heavy atom. The first-order valence-corrected chi connectivity index (χ1v) is 19.3. The lowest BCUT2D eigenvalue weighted by Crippen LogP contribution is -2.32. The van der Waals surface area contributed by atoms with Gasteiger partial charge in [0.15, 0.2) is 5.75 Å². The fraction of sp³-hybridized carbons (Fsp3) is 0.0189. The molecular formula is C53H34N2O. The van der Waals surface area contributed by atoms with Crippen molar-refractivity contribution in [2.75, 3.05) is 4.90 Å². The van der Waals surface area contributed by atoms with Crippen LogP contribution in [0, 0.1) is 0 Å². The number of nitrogens with zero attached hydrogens (tertiary/aromatic N) is 2. The van der Waals surface area contributed by atoms with Crippen molar-refractivity contribution in [1.29, 1.82) is 0 Å². The van der Waals surface area contributed by atoms with E-state index in [1.54, 1.807) is 0 Å². The van der Waals surface area contributed by atoms with Crippen molar-refractivity contribution in [3.05, 3.63) is 229 Å². The maximum atomic E-state index is 7.23. The van der Waals surface area contributed by atoms with Gasteiger partial charge in [-0.2, -0.15) is 0 Å². The highest BCUT2D eigenvalue weighted by Crippen LogP contribution is 2.63. The van der Waals surface area contributed by atoms with Crippen LogP contribution in [0.4, 0.5) is 17.1 Å². The third-order valence-corrected chi connectivity index (χ3v) is 12.0. The Hall–Kier alpha value is -7.36. The first-order valence-electron chi connectivity index (χ1n) is 19.3. The number of ether oxygens (including phenoxy) is 1. The van der Waals surface area contributed by atoms with E-state index >= 15 is 0 Å². The molecule has 1 aliphatic carbocycles. The van der Waals surface area contributed by atoms with Gasteiger partial charge in [-0.05, 0) is 87.6 Å². The van der Waals surface area contributed by atoms with Gasteiger partial charge in [-0.3, -0.25) is 0 Å². The van der Waals surface area contributed by atoms with Crippen molar-refractivity contribution in [3.63, 3.8) is 0 Å². The minimum absolute atomic E-state index is 0.547. The summed E-state index contributed by atoms with van der Waals surface area (Å²) >= 11 is 0. The zero-order chi connectivity index (χ0) is 36.8. The summed E-state index contributed by atoms with van der Waals surface area (Å²) in [5.74, 6) is 1.78. The van der Waals surface area contributed by atoms with Crippen LogP contribution in [0.15, 0.2) is 206 Å². The highest BCUT2D eigenvalue weighted by molar-refractivity contribution is 6.13. The Labute approximate surface area is 324 Å². The molecule has 0 radical (unpaired) electrons. The second-order valence-corrected chi connectivity index (χ2v) is 14.9. The number of anilines is 3. The van der Waals surface area contributed by atoms with Crippen LogP contribution in [-0.4, -0.2) is 4.57 Å². The molecule has 1 aromatic heterocycles. The molecule has 262 valence electrons. The van der Waals surface area contributed by atoms with Crippen LogP contribution < -0.4 is 9.64 Å². The van der Waals surface area contributed by atoms with Crippen molar-refractivity contribution in [2.45, 2.75) is 5.41 Å². The van der Waals surface area contributed by atoms with Gasteiger partial charge >= 0.3 is 0 Å². The smallest absolute Gasteiger partial charge is 0.156 e. The topological polar surface area (TPSA) is 17.4 Å². The molecule has 2 heterocycles. The SMILES string of the molecule is c1ccc(N(c2ccc3ccccc3c2)c2ccc3c4ccc5c(c4n(-c4ccccc4)c3c2)Oc2ccccc2C52c3ccccc3-c3ccccc32)cc1. The molecule has 0 saturated heterocycles. The second-order valence-electron chi connectivity index (χ2n) is 14.9. The lowest BCUT2D eigenvalue weighted by Gasteiger charge is -2.39. The average Bonchev–Trinajstić information content (AvgIpc) is 3.75. The summed E-state index contributed by atoms with van der Waals surface area (Å²) in [4.78, 5) is 2.36. The van der Waals surface area contributed by atoms with Gasteiger partial charge in [-0.15, -0.1) is 0 Å². The van der Waals surface area contributed by atoms with Gasteiger partial charge in [0.05, 0.1) is 16.4 Å². The third-order valence-electron chi connectivity index (χ3n) is 12.0. The molecule has 9 aromatic carbocycles. The number of hydrogen-bond acceptors (Lipinski definition) is 2. The summed E-state index contributed by atoms with van der Waals surface area (Å²) in [6, 6.07) is 74.8. The molecule has 12 rings (SSSR count). The fourth-order valence-corrected chi connectivity index (χ4v) is 9.72. The van der Waals surface area contributed by atoms with E-state index in [0.29, 0.717) is 0 Å². The summed E-state index contributed by atoms with van der Waals surface area (Å²) in [5.41, 5.74) is 13.4. The molecule has 1 aliphatic heterocycles. The van der Waals surface area contributed by atoms with Crippen molar-refractivity contribution < 1.29 is 4.74 Å². The molecule has 3 heteroatoms. The number of aromatic nitrogens is 1. The zero-order valence-corrected chi connectivity index (χ0v) is 30.4. The molecule has 0 saturated carbocycles. The van der Waals surface area contributed by atoms with Crippen molar-refractivity contribution in [3.8, 4) is 28.3 Å². The predicted octanol–water partition coefficient (Wildman–Crippen LogP) is 13.9. The van der Waals surface area contributed by atoms with Crippen LogP contribution >= 0.6 is 0 Å². The first-order chi connectivity index (χ1) is 27.8. The Kier molecular flexibility index (Phi) is 6.55. The molecule has 1 spiro atoms. The van der Waals surface area contributed by atoms with Crippen LogP contribution in [0.25, 0.3) is 49.4 Å². The van der Waals surface area contributed by atoms with Crippen LogP contribution in [0.1, 0.15) is 22.3 Å². The molecule has 0 bridgehead atoms. The monoisotopic (exact) mass is 714 g/mol. The molecule has 0 N–H and O–H groups in total. The minimum atomic E-state index is -0.547. The molecule has 56 heavy (non-hydrogen) atoms. The lowest BCUT2D eigenvalue weighted by atomic mass is 9.66. The quantitative estimate of drug-likeness (QED) is 0.181. The van der Waals surface area contributed by atoms with Gasteiger partial charge in [-0.25, -0.2) is 0 Å². The van der Waals surface area contributed by atoms with E-state index in [4.69, 9.17) is 4.74 Å². The van der Waals surface area contributed by atoms with Crippen LogP contribution in [0.2, 0.25) is 0 Å². The molecule has 0 amide bonds. The van der Waals surface area contributed by atoms with E-state index in [1.807, 2.05) is 0 Å². The molecule has 0 fully saturated rings. The van der Waals surface area contributed by atoms with Gasteiger partial charge in [0.2, 0.25) is 0 Å². The molecule has 2 aliphatic rings. The summed E-state index contributed by atoms with van der Waals surface area (Å²) in [7, 11) is 0. The first kappa shape index (κ1) is 31.0. The Morgan fingerprint density at radius 3 is 1.77 bits per heavy atom. The van der Waals surface area contributed by atoms with Crippen LogP contribution in [-0.2, 0) is 5.41 Å². The fourth-order valence-electron chi connectivity index (χ4n) is 9.72. The van der Waals surface area contributed by atoms with Crippen LogP contribution in [0.3, 0.4) is 0 Å². The number of benzene rings is 9. The van der Waals surface area contributed by atoms with E-state index < -0.39 is 5.41 Å². The molecule has 10 aromatic rings. The van der Waals surface area contributed by atoms with Crippen molar-refractivity contribution in [2.24, 2.45) is 0 Å². The number of para-hydroxylation sites is 3. The van der Waals surface area contributed by atoms with E-state index in [1.165, 1.54) is 44.0 Å².